The molecule has 2 aromatic rings. The van der Waals surface area contributed by atoms with Gasteiger partial charge >= 0.3 is 6.18 Å². The summed E-state index contributed by atoms with van der Waals surface area (Å²) in [6.07, 6.45) is -4.33. The molecule has 0 aliphatic heterocycles. The summed E-state index contributed by atoms with van der Waals surface area (Å²) in [6.45, 7) is 2.85. The van der Waals surface area contributed by atoms with Gasteiger partial charge in [0.2, 0.25) is 0 Å². The lowest BCUT2D eigenvalue weighted by molar-refractivity contribution is -0.138. The van der Waals surface area contributed by atoms with Crippen molar-refractivity contribution >= 4 is 23.0 Å². The first-order valence-corrected chi connectivity index (χ1v) is 7.89. The number of alkyl halides is 3. The van der Waals surface area contributed by atoms with Crippen molar-refractivity contribution in [2.45, 2.75) is 26.6 Å². The van der Waals surface area contributed by atoms with Gasteiger partial charge in [-0.2, -0.15) is 13.2 Å². The minimum atomic E-state index is -4.33. The van der Waals surface area contributed by atoms with Gasteiger partial charge in [-0.15, -0.1) is 0 Å². The molecule has 0 saturated heterocycles. The lowest BCUT2D eigenvalue weighted by Crippen LogP contribution is -2.40. The van der Waals surface area contributed by atoms with Crippen molar-refractivity contribution in [3.8, 4) is 0 Å². The van der Waals surface area contributed by atoms with Crippen molar-refractivity contribution in [2.75, 3.05) is 11.9 Å². The van der Waals surface area contributed by atoms with E-state index in [0.29, 0.717) is 5.69 Å². The van der Waals surface area contributed by atoms with E-state index in [-0.39, 0.29) is 11.7 Å². The van der Waals surface area contributed by atoms with Crippen molar-refractivity contribution in [3.63, 3.8) is 0 Å². The molecule has 0 bridgehead atoms. The van der Waals surface area contributed by atoms with Gasteiger partial charge in [0.25, 0.3) is 0 Å². The Kier molecular flexibility index (Phi) is 5.83. The highest BCUT2D eigenvalue weighted by molar-refractivity contribution is 7.80. The lowest BCUT2D eigenvalue weighted by atomic mass is 10.1. The van der Waals surface area contributed by atoms with Crippen molar-refractivity contribution in [2.24, 2.45) is 0 Å². The molecule has 2 aromatic carbocycles. The van der Waals surface area contributed by atoms with Crippen LogP contribution in [0.5, 0.6) is 0 Å². The summed E-state index contributed by atoms with van der Waals surface area (Å²) in [4.78, 5) is 1.13. The molecular formula is C18H19F3N2S. The van der Waals surface area contributed by atoms with Crippen LogP contribution in [-0.2, 0) is 6.54 Å². The van der Waals surface area contributed by atoms with Crippen LogP contribution in [0.1, 0.15) is 16.7 Å². The van der Waals surface area contributed by atoms with Gasteiger partial charge in [0, 0.05) is 12.2 Å². The Balaban J connectivity index is 2.17. The molecular weight excluding hydrogens is 333 g/mol. The predicted molar refractivity (Wildman–Crippen MR) is 95.0 cm³/mol. The normalized spacial score (nSPS) is 11.2. The standard InChI is InChI=1S/C18H19F3N2S/c1-13-8-14(2)10-16(9-13)22-17(24)23(12-18(19,20)21)11-15-6-4-3-5-7-15/h3-10H,11-12H2,1-2H3,(H,22,24). The number of hydrogen-bond acceptors (Lipinski definition) is 1. The molecule has 6 heteroatoms. The number of benzene rings is 2. The van der Waals surface area contributed by atoms with E-state index < -0.39 is 12.7 Å². The molecule has 2 rings (SSSR count). The second-order valence-electron chi connectivity index (χ2n) is 5.76. The van der Waals surface area contributed by atoms with Crippen LogP contribution in [0.25, 0.3) is 0 Å². The zero-order valence-corrected chi connectivity index (χ0v) is 14.3. The fraction of sp³-hybridized carbons (Fsp3) is 0.278. The summed E-state index contributed by atoms with van der Waals surface area (Å²) >= 11 is 5.23. The van der Waals surface area contributed by atoms with Crippen LogP contribution in [0.15, 0.2) is 48.5 Å². The molecule has 0 spiro atoms. The average molecular weight is 352 g/mol. The second-order valence-corrected chi connectivity index (χ2v) is 6.15. The van der Waals surface area contributed by atoms with Crippen molar-refractivity contribution < 1.29 is 13.2 Å². The first-order valence-electron chi connectivity index (χ1n) is 7.48. The Morgan fingerprint density at radius 2 is 1.62 bits per heavy atom. The smallest absolute Gasteiger partial charge is 0.336 e. The predicted octanol–water partition coefficient (Wildman–Crippen LogP) is 5.06. The summed E-state index contributed by atoms with van der Waals surface area (Å²) in [6, 6.07) is 14.7. The van der Waals surface area contributed by atoms with Gasteiger partial charge in [0.05, 0.1) is 0 Å². The fourth-order valence-corrected chi connectivity index (χ4v) is 2.72. The van der Waals surface area contributed by atoms with E-state index in [1.54, 1.807) is 24.3 Å². The zero-order valence-electron chi connectivity index (χ0n) is 13.5. The van der Waals surface area contributed by atoms with Crippen LogP contribution >= 0.6 is 12.2 Å². The van der Waals surface area contributed by atoms with Crippen molar-refractivity contribution in [3.05, 3.63) is 65.2 Å². The van der Waals surface area contributed by atoms with Gasteiger partial charge in [-0.1, -0.05) is 36.4 Å². The van der Waals surface area contributed by atoms with Gasteiger partial charge in [-0.3, -0.25) is 0 Å². The molecule has 0 radical (unpaired) electrons. The van der Waals surface area contributed by atoms with Crippen LogP contribution in [-0.4, -0.2) is 22.7 Å². The van der Waals surface area contributed by atoms with E-state index in [1.165, 1.54) is 0 Å². The molecule has 128 valence electrons. The maximum atomic E-state index is 12.9. The van der Waals surface area contributed by atoms with Gasteiger partial charge in [0.15, 0.2) is 5.11 Å². The maximum absolute atomic E-state index is 12.9. The number of hydrogen-bond donors (Lipinski definition) is 1. The van der Waals surface area contributed by atoms with Crippen LogP contribution < -0.4 is 5.32 Å². The molecule has 2 nitrogen and oxygen atoms in total. The quantitative estimate of drug-likeness (QED) is 0.774. The number of aryl methyl sites for hydroxylation is 2. The molecule has 0 aromatic heterocycles. The van der Waals surface area contributed by atoms with Crippen molar-refractivity contribution in [1.29, 1.82) is 0 Å². The number of anilines is 1. The summed E-state index contributed by atoms with van der Waals surface area (Å²) < 4.78 is 38.7. The fourth-order valence-electron chi connectivity index (χ4n) is 2.47. The number of halogens is 3. The summed E-state index contributed by atoms with van der Waals surface area (Å²) in [5.74, 6) is 0. The topological polar surface area (TPSA) is 15.3 Å². The Bertz CT molecular complexity index is 679. The van der Waals surface area contributed by atoms with Gasteiger partial charge < -0.3 is 10.2 Å². The van der Waals surface area contributed by atoms with E-state index in [1.807, 2.05) is 38.1 Å². The molecule has 0 aliphatic rings. The van der Waals surface area contributed by atoms with E-state index in [4.69, 9.17) is 12.2 Å². The van der Waals surface area contributed by atoms with Crippen LogP contribution in [0.2, 0.25) is 0 Å². The molecule has 0 saturated carbocycles. The Morgan fingerprint density at radius 1 is 1.04 bits per heavy atom. The Morgan fingerprint density at radius 3 is 2.17 bits per heavy atom. The lowest BCUT2D eigenvalue weighted by Gasteiger charge is -2.27. The third kappa shape index (κ3) is 5.85. The second kappa shape index (κ2) is 7.66. The van der Waals surface area contributed by atoms with E-state index in [0.717, 1.165) is 21.6 Å². The van der Waals surface area contributed by atoms with E-state index in [2.05, 4.69) is 5.32 Å². The average Bonchev–Trinajstić information content (AvgIpc) is 2.45. The molecule has 1 N–H and O–H groups in total. The number of rotatable bonds is 4. The SMILES string of the molecule is Cc1cc(C)cc(NC(=S)N(Cc2ccccc2)CC(F)(F)F)c1. The number of thiocarbonyl (C=S) groups is 1. The first-order chi connectivity index (χ1) is 11.2. The Hall–Kier alpha value is -2.08. The molecule has 0 unspecified atom stereocenters. The van der Waals surface area contributed by atoms with Gasteiger partial charge in [0.1, 0.15) is 6.54 Å². The van der Waals surface area contributed by atoms with Crippen LogP contribution in [0, 0.1) is 13.8 Å². The Labute approximate surface area is 145 Å². The third-order valence-corrected chi connectivity index (χ3v) is 3.71. The highest BCUT2D eigenvalue weighted by Gasteiger charge is 2.32. The van der Waals surface area contributed by atoms with Gasteiger partial charge in [-0.25, -0.2) is 0 Å². The maximum Gasteiger partial charge on any atom is 0.406 e. The minimum Gasteiger partial charge on any atom is -0.336 e. The van der Waals surface area contributed by atoms with E-state index >= 15 is 0 Å². The van der Waals surface area contributed by atoms with Crippen LogP contribution in [0.4, 0.5) is 18.9 Å². The summed E-state index contributed by atoms with van der Waals surface area (Å²) in [5, 5.41) is 2.98. The summed E-state index contributed by atoms with van der Waals surface area (Å²) in [5.41, 5.74) is 3.50. The molecule has 0 aliphatic carbocycles. The molecule has 0 heterocycles. The number of nitrogens with zero attached hydrogens (tertiary/aromatic N) is 1. The highest BCUT2D eigenvalue weighted by Crippen LogP contribution is 2.20. The molecule has 0 fully saturated rings. The van der Waals surface area contributed by atoms with E-state index in [9.17, 15) is 13.2 Å². The van der Waals surface area contributed by atoms with Crippen molar-refractivity contribution in [1.82, 2.24) is 4.90 Å². The molecule has 0 amide bonds. The molecule has 0 atom stereocenters. The van der Waals surface area contributed by atoms with Gasteiger partial charge in [-0.05, 0) is 54.9 Å². The zero-order chi connectivity index (χ0) is 17.7. The van der Waals surface area contributed by atoms with Crippen LogP contribution in [0.3, 0.4) is 0 Å². The largest absolute Gasteiger partial charge is 0.406 e. The minimum absolute atomic E-state index is 0.0566. The monoisotopic (exact) mass is 352 g/mol. The summed E-state index contributed by atoms with van der Waals surface area (Å²) in [7, 11) is 0. The number of nitrogens with one attached hydrogen (secondary N) is 1. The first kappa shape index (κ1) is 18.3. The highest BCUT2D eigenvalue weighted by atomic mass is 32.1. The molecule has 24 heavy (non-hydrogen) atoms. The third-order valence-electron chi connectivity index (χ3n) is 3.35.